The minimum absolute atomic E-state index is 0.637. The third kappa shape index (κ3) is 3.70. The van der Waals surface area contributed by atoms with Crippen LogP contribution in [-0.2, 0) is 0 Å². The van der Waals surface area contributed by atoms with Gasteiger partial charge < -0.3 is 10.5 Å². The third-order valence-electron chi connectivity index (χ3n) is 2.21. The maximum Gasteiger partial charge on any atom is 0.0249 e. The molecule has 1 aliphatic heterocycles. The molecule has 1 atom stereocenters. The molecule has 1 unspecified atom stereocenters. The minimum atomic E-state index is 0.637. The van der Waals surface area contributed by atoms with E-state index in [1.165, 1.54) is 24.3 Å². The summed E-state index contributed by atoms with van der Waals surface area (Å²) in [5, 5.41) is 13.6. The van der Waals surface area contributed by atoms with E-state index in [4.69, 9.17) is 5.21 Å². The number of hydroxylamine groups is 2. The molecule has 1 saturated heterocycles. The van der Waals surface area contributed by atoms with E-state index in [0.29, 0.717) is 6.04 Å². The number of hydrogen-bond donors (Lipinski definition) is 2. The van der Waals surface area contributed by atoms with Crippen LogP contribution in [0.3, 0.4) is 0 Å². The fraction of sp³-hybridized carbons (Fsp3) is 1.00. The Kier molecular flexibility index (Phi) is 3.83. The summed E-state index contributed by atoms with van der Waals surface area (Å²) in [7, 11) is 1.70. The first-order valence-electron chi connectivity index (χ1n) is 4.42. The maximum atomic E-state index is 8.89. The molecule has 1 aliphatic rings. The predicted molar refractivity (Wildman–Crippen MR) is 44.7 cm³/mol. The first-order chi connectivity index (χ1) is 5.29. The van der Waals surface area contributed by atoms with Crippen LogP contribution in [0.15, 0.2) is 0 Å². The van der Waals surface area contributed by atoms with E-state index >= 15 is 0 Å². The number of piperidine rings is 1. The zero-order chi connectivity index (χ0) is 8.10. The van der Waals surface area contributed by atoms with E-state index in [9.17, 15) is 0 Å². The van der Waals surface area contributed by atoms with Crippen LogP contribution in [0.5, 0.6) is 0 Å². The molecular formula is C8H18N2O. The SMILES string of the molecule is CN(O)CCC1CCCCN1. The molecule has 0 aromatic rings. The van der Waals surface area contributed by atoms with Crippen LogP contribution in [0.4, 0.5) is 0 Å². The number of nitrogens with zero attached hydrogens (tertiary/aromatic N) is 1. The average molecular weight is 158 g/mol. The number of nitrogens with one attached hydrogen (secondary N) is 1. The summed E-state index contributed by atoms with van der Waals surface area (Å²) >= 11 is 0. The standard InChI is InChI=1S/C8H18N2O/c1-10(11)7-5-8-4-2-3-6-9-8/h8-9,11H,2-7H2,1H3. The van der Waals surface area contributed by atoms with Crippen LogP contribution in [-0.4, -0.2) is 36.4 Å². The lowest BCUT2D eigenvalue weighted by Gasteiger charge is -2.24. The molecule has 66 valence electrons. The van der Waals surface area contributed by atoms with E-state index in [2.05, 4.69) is 5.32 Å². The van der Waals surface area contributed by atoms with Crippen molar-refractivity contribution < 1.29 is 5.21 Å². The third-order valence-corrected chi connectivity index (χ3v) is 2.21. The molecule has 1 rings (SSSR count). The lowest BCUT2D eigenvalue weighted by atomic mass is 10.0. The molecule has 11 heavy (non-hydrogen) atoms. The summed E-state index contributed by atoms with van der Waals surface area (Å²) < 4.78 is 0. The van der Waals surface area contributed by atoms with Gasteiger partial charge in [0.1, 0.15) is 0 Å². The molecular weight excluding hydrogens is 140 g/mol. The first kappa shape index (κ1) is 8.97. The summed E-state index contributed by atoms with van der Waals surface area (Å²) in [5.74, 6) is 0. The van der Waals surface area contributed by atoms with Gasteiger partial charge in [-0.1, -0.05) is 6.42 Å². The highest BCUT2D eigenvalue weighted by atomic mass is 16.5. The molecule has 2 N–H and O–H groups in total. The zero-order valence-corrected chi connectivity index (χ0v) is 7.21. The van der Waals surface area contributed by atoms with Gasteiger partial charge in [0.05, 0.1) is 0 Å². The molecule has 0 saturated carbocycles. The van der Waals surface area contributed by atoms with Gasteiger partial charge in [-0.15, -0.1) is 0 Å². The largest absolute Gasteiger partial charge is 0.314 e. The summed E-state index contributed by atoms with van der Waals surface area (Å²) in [5.41, 5.74) is 0. The molecule has 1 fully saturated rings. The highest BCUT2D eigenvalue weighted by molar-refractivity contribution is 4.72. The Morgan fingerprint density at radius 1 is 1.55 bits per heavy atom. The molecule has 1 heterocycles. The van der Waals surface area contributed by atoms with Gasteiger partial charge in [0.15, 0.2) is 0 Å². The summed E-state index contributed by atoms with van der Waals surface area (Å²) in [6, 6.07) is 0.637. The quantitative estimate of drug-likeness (QED) is 0.597. The topological polar surface area (TPSA) is 35.5 Å². The average Bonchev–Trinajstić information content (AvgIpc) is 2.03. The summed E-state index contributed by atoms with van der Waals surface area (Å²) in [6.45, 7) is 1.93. The smallest absolute Gasteiger partial charge is 0.0249 e. The summed E-state index contributed by atoms with van der Waals surface area (Å²) in [6.07, 6.45) is 4.99. The summed E-state index contributed by atoms with van der Waals surface area (Å²) in [4.78, 5) is 0. The van der Waals surface area contributed by atoms with Gasteiger partial charge in [-0.25, -0.2) is 0 Å². The highest BCUT2D eigenvalue weighted by Crippen LogP contribution is 2.09. The molecule has 3 heteroatoms. The van der Waals surface area contributed by atoms with Crippen molar-refractivity contribution in [3.8, 4) is 0 Å². The molecule has 0 spiro atoms. The van der Waals surface area contributed by atoms with Crippen molar-refractivity contribution in [2.24, 2.45) is 0 Å². The maximum absolute atomic E-state index is 8.89. The number of rotatable bonds is 3. The molecule has 0 aliphatic carbocycles. The van der Waals surface area contributed by atoms with E-state index in [-0.39, 0.29) is 0 Å². The monoisotopic (exact) mass is 158 g/mol. The van der Waals surface area contributed by atoms with Crippen LogP contribution in [0.2, 0.25) is 0 Å². The van der Waals surface area contributed by atoms with Crippen molar-refractivity contribution in [3.05, 3.63) is 0 Å². The predicted octanol–water partition coefficient (Wildman–Crippen LogP) is 0.840. The van der Waals surface area contributed by atoms with Gasteiger partial charge in [0.25, 0.3) is 0 Å². The lowest BCUT2D eigenvalue weighted by molar-refractivity contribution is -0.0672. The van der Waals surface area contributed by atoms with E-state index in [1.807, 2.05) is 0 Å². The first-order valence-corrected chi connectivity index (χ1v) is 4.42. The second-order valence-corrected chi connectivity index (χ2v) is 3.32. The second kappa shape index (κ2) is 4.70. The van der Waals surface area contributed by atoms with Gasteiger partial charge >= 0.3 is 0 Å². The highest BCUT2D eigenvalue weighted by Gasteiger charge is 2.11. The minimum Gasteiger partial charge on any atom is -0.314 e. The molecule has 0 bridgehead atoms. The zero-order valence-electron chi connectivity index (χ0n) is 7.21. The van der Waals surface area contributed by atoms with E-state index in [1.54, 1.807) is 7.05 Å². The number of hydrogen-bond acceptors (Lipinski definition) is 3. The molecule has 0 aromatic heterocycles. The Morgan fingerprint density at radius 3 is 2.91 bits per heavy atom. The van der Waals surface area contributed by atoms with E-state index in [0.717, 1.165) is 19.5 Å². The van der Waals surface area contributed by atoms with Gasteiger partial charge in [-0.2, -0.15) is 5.06 Å². The van der Waals surface area contributed by atoms with Gasteiger partial charge in [-0.3, -0.25) is 0 Å². The van der Waals surface area contributed by atoms with Gasteiger partial charge in [-0.05, 0) is 25.8 Å². The molecule has 0 aromatic carbocycles. The normalized spacial score (nSPS) is 25.9. The van der Waals surface area contributed by atoms with Crippen LogP contribution in [0.25, 0.3) is 0 Å². The van der Waals surface area contributed by atoms with Crippen molar-refractivity contribution in [1.29, 1.82) is 0 Å². The van der Waals surface area contributed by atoms with Crippen molar-refractivity contribution in [3.63, 3.8) is 0 Å². The molecule has 0 radical (unpaired) electrons. The van der Waals surface area contributed by atoms with E-state index < -0.39 is 0 Å². The molecule has 0 amide bonds. The van der Waals surface area contributed by atoms with Gasteiger partial charge in [0.2, 0.25) is 0 Å². The lowest BCUT2D eigenvalue weighted by Crippen LogP contribution is -2.36. The van der Waals surface area contributed by atoms with Gasteiger partial charge in [0, 0.05) is 19.6 Å². The Labute approximate surface area is 68.3 Å². The van der Waals surface area contributed by atoms with Crippen molar-refractivity contribution in [1.82, 2.24) is 10.4 Å². The van der Waals surface area contributed by atoms with Crippen LogP contribution < -0.4 is 5.32 Å². The van der Waals surface area contributed by atoms with Crippen LogP contribution in [0, 0.1) is 0 Å². The van der Waals surface area contributed by atoms with Crippen molar-refractivity contribution in [2.45, 2.75) is 31.7 Å². The Hall–Kier alpha value is -0.120. The Balaban J connectivity index is 2.05. The second-order valence-electron chi connectivity index (χ2n) is 3.32. The Morgan fingerprint density at radius 2 is 2.36 bits per heavy atom. The Bertz CT molecular complexity index is 100. The molecule has 3 nitrogen and oxygen atoms in total. The van der Waals surface area contributed by atoms with Crippen LogP contribution >= 0.6 is 0 Å². The fourth-order valence-corrected chi connectivity index (χ4v) is 1.51. The fourth-order valence-electron chi connectivity index (χ4n) is 1.51. The van der Waals surface area contributed by atoms with Crippen molar-refractivity contribution in [2.75, 3.05) is 20.1 Å². The van der Waals surface area contributed by atoms with Crippen LogP contribution in [0.1, 0.15) is 25.7 Å². The van der Waals surface area contributed by atoms with Crippen molar-refractivity contribution >= 4 is 0 Å².